The Bertz CT molecular complexity index is 730. The Labute approximate surface area is 135 Å². The molecule has 0 aromatic heterocycles. The van der Waals surface area contributed by atoms with Crippen LogP contribution in [0.15, 0.2) is 42.5 Å². The fraction of sp³-hybridized carbons (Fsp3) is 0.188. The molecule has 0 radical (unpaired) electrons. The third-order valence-corrected chi connectivity index (χ3v) is 3.55. The molecule has 23 heavy (non-hydrogen) atoms. The number of alkyl halides is 3. The Hall–Kier alpha value is -2.08. The average Bonchev–Trinajstić information content (AvgIpc) is 2.46. The Balaban J connectivity index is 2.26. The summed E-state index contributed by atoms with van der Waals surface area (Å²) in [6.07, 6.45) is -4.51. The molecule has 0 aliphatic heterocycles. The zero-order chi connectivity index (χ0) is 17.2. The van der Waals surface area contributed by atoms with Gasteiger partial charge in [0.2, 0.25) is 0 Å². The van der Waals surface area contributed by atoms with Crippen LogP contribution in [0.4, 0.5) is 17.6 Å². The molecule has 0 unspecified atom stereocenters. The second-order valence-corrected chi connectivity index (χ2v) is 5.35. The maximum absolute atomic E-state index is 13.0. The number of carbonyl (C=O) groups excluding carboxylic acids is 1. The van der Waals surface area contributed by atoms with Crippen LogP contribution in [0, 0.1) is 5.82 Å². The lowest BCUT2D eigenvalue weighted by Crippen LogP contribution is -2.27. The largest absolute Gasteiger partial charge is 0.416 e. The normalized spacial score (nSPS) is 11.4. The van der Waals surface area contributed by atoms with E-state index in [9.17, 15) is 22.4 Å². The number of carbonyl (C=O) groups is 1. The van der Waals surface area contributed by atoms with Gasteiger partial charge in [-0.25, -0.2) is 4.39 Å². The van der Waals surface area contributed by atoms with Gasteiger partial charge >= 0.3 is 6.18 Å². The highest BCUT2D eigenvalue weighted by Crippen LogP contribution is 2.32. The van der Waals surface area contributed by atoms with E-state index in [4.69, 9.17) is 11.6 Å². The first-order valence-electron chi connectivity index (χ1n) is 6.56. The van der Waals surface area contributed by atoms with E-state index in [-0.39, 0.29) is 22.7 Å². The van der Waals surface area contributed by atoms with Crippen LogP contribution in [0.25, 0.3) is 0 Å². The van der Waals surface area contributed by atoms with E-state index in [1.54, 1.807) is 0 Å². The van der Waals surface area contributed by atoms with Crippen molar-refractivity contribution in [3.8, 4) is 0 Å². The van der Waals surface area contributed by atoms with Crippen molar-refractivity contribution in [2.45, 2.75) is 12.7 Å². The van der Waals surface area contributed by atoms with Crippen molar-refractivity contribution in [1.82, 2.24) is 4.90 Å². The zero-order valence-corrected chi connectivity index (χ0v) is 12.7. The predicted molar refractivity (Wildman–Crippen MR) is 78.7 cm³/mol. The Morgan fingerprint density at radius 1 is 1.17 bits per heavy atom. The van der Waals surface area contributed by atoms with Gasteiger partial charge in [-0.15, -0.1) is 0 Å². The number of benzene rings is 2. The first-order valence-corrected chi connectivity index (χ1v) is 6.93. The molecule has 0 aliphatic rings. The topological polar surface area (TPSA) is 20.3 Å². The van der Waals surface area contributed by atoms with Crippen LogP contribution in [0.3, 0.4) is 0 Å². The van der Waals surface area contributed by atoms with E-state index < -0.39 is 23.5 Å². The second-order valence-electron chi connectivity index (χ2n) is 4.94. The van der Waals surface area contributed by atoms with E-state index >= 15 is 0 Å². The molecule has 2 rings (SSSR count). The van der Waals surface area contributed by atoms with Gasteiger partial charge in [-0.1, -0.05) is 29.8 Å². The Morgan fingerprint density at radius 2 is 1.83 bits per heavy atom. The lowest BCUT2D eigenvalue weighted by atomic mass is 10.1. The highest BCUT2D eigenvalue weighted by molar-refractivity contribution is 6.33. The van der Waals surface area contributed by atoms with Gasteiger partial charge in [0, 0.05) is 13.6 Å². The Morgan fingerprint density at radius 3 is 2.43 bits per heavy atom. The zero-order valence-electron chi connectivity index (χ0n) is 12.0. The molecule has 2 aromatic rings. The smallest absolute Gasteiger partial charge is 0.337 e. The van der Waals surface area contributed by atoms with Crippen molar-refractivity contribution >= 4 is 17.5 Å². The van der Waals surface area contributed by atoms with E-state index in [1.807, 2.05) is 0 Å². The molecule has 0 saturated carbocycles. The van der Waals surface area contributed by atoms with E-state index in [1.165, 1.54) is 31.3 Å². The first kappa shape index (κ1) is 17.3. The maximum Gasteiger partial charge on any atom is 0.416 e. The van der Waals surface area contributed by atoms with Crippen molar-refractivity contribution in [2.75, 3.05) is 7.05 Å². The number of hydrogen-bond acceptors (Lipinski definition) is 1. The number of hydrogen-bond donors (Lipinski definition) is 0. The summed E-state index contributed by atoms with van der Waals surface area (Å²) in [7, 11) is 1.36. The minimum absolute atomic E-state index is 0.0278. The summed E-state index contributed by atoms with van der Waals surface area (Å²) in [5.74, 6) is -1.19. The molecule has 1 amide bonds. The first-order chi connectivity index (χ1) is 10.7. The predicted octanol–water partition coefficient (Wildman–Crippen LogP) is 4.77. The van der Waals surface area contributed by atoms with Crippen molar-refractivity contribution < 1.29 is 22.4 Å². The average molecular weight is 346 g/mol. The van der Waals surface area contributed by atoms with Crippen molar-refractivity contribution in [3.05, 3.63) is 70.0 Å². The van der Waals surface area contributed by atoms with Gasteiger partial charge < -0.3 is 4.90 Å². The van der Waals surface area contributed by atoms with Crippen LogP contribution < -0.4 is 0 Å². The fourth-order valence-electron chi connectivity index (χ4n) is 2.13. The van der Waals surface area contributed by atoms with Gasteiger partial charge in [0.25, 0.3) is 5.91 Å². The van der Waals surface area contributed by atoms with Gasteiger partial charge in [-0.3, -0.25) is 4.79 Å². The molecular formula is C16H12ClF4NO. The molecule has 0 spiro atoms. The van der Waals surface area contributed by atoms with Gasteiger partial charge in [0.1, 0.15) is 5.82 Å². The van der Waals surface area contributed by atoms with Crippen LogP contribution >= 0.6 is 11.6 Å². The van der Waals surface area contributed by atoms with Crippen molar-refractivity contribution in [1.29, 1.82) is 0 Å². The summed E-state index contributed by atoms with van der Waals surface area (Å²) in [4.78, 5) is 13.4. The molecule has 2 nitrogen and oxygen atoms in total. The molecule has 0 bridgehead atoms. The summed E-state index contributed by atoms with van der Waals surface area (Å²) >= 11 is 5.81. The maximum atomic E-state index is 13.0. The van der Waals surface area contributed by atoms with E-state index in [0.29, 0.717) is 0 Å². The van der Waals surface area contributed by atoms with Crippen LogP contribution in [0.2, 0.25) is 5.02 Å². The molecule has 0 atom stereocenters. The van der Waals surface area contributed by atoms with Crippen LogP contribution in [-0.2, 0) is 12.7 Å². The SMILES string of the molecule is CN(Cc1ccccc1C(F)(F)F)C(=O)c1ccc(F)cc1Cl. The minimum atomic E-state index is -4.51. The lowest BCUT2D eigenvalue weighted by molar-refractivity contribution is -0.138. The number of halogens is 5. The fourth-order valence-corrected chi connectivity index (χ4v) is 2.38. The molecule has 0 saturated heterocycles. The van der Waals surface area contributed by atoms with Crippen LogP contribution in [-0.4, -0.2) is 17.9 Å². The molecule has 0 N–H and O–H groups in total. The second kappa shape index (κ2) is 6.58. The lowest BCUT2D eigenvalue weighted by Gasteiger charge is -2.20. The standard InChI is InChI=1S/C16H12ClF4NO/c1-22(15(23)12-7-6-11(18)8-14(12)17)9-10-4-2-3-5-13(10)16(19,20)21/h2-8H,9H2,1H3. The highest BCUT2D eigenvalue weighted by atomic mass is 35.5. The molecule has 122 valence electrons. The van der Waals surface area contributed by atoms with Gasteiger partial charge in [0.05, 0.1) is 16.1 Å². The minimum Gasteiger partial charge on any atom is -0.337 e. The quantitative estimate of drug-likeness (QED) is 0.734. The van der Waals surface area contributed by atoms with Gasteiger partial charge in [-0.2, -0.15) is 13.2 Å². The summed E-state index contributed by atoms with van der Waals surface area (Å²) in [6.45, 7) is -0.248. The van der Waals surface area contributed by atoms with Crippen LogP contribution in [0.1, 0.15) is 21.5 Å². The van der Waals surface area contributed by atoms with Gasteiger partial charge in [-0.05, 0) is 29.8 Å². The summed E-state index contributed by atoms with van der Waals surface area (Å²) in [5, 5.41) is -0.0917. The third kappa shape index (κ3) is 4.01. The highest BCUT2D eigenvalue weighted by Gasteiger charge is 2.33. The monoisotopic (exact) mass is 345 g/mol. The van der Waals surface area contributed by atoms with Crippen molar-refractivity contribution in [3.63, 3.8) is 0 Å². The van der Waals surface area contributed by atoms with E-state index in [0.717, 1.165) is 23.1 Å². The molecule has 7 heteroatoms. The summed E-state index contributed by atoms with van der Waals surface area (Å²) in [6, 6.07) is 8.26. The number of nitrogens with zero attached hydrogens (tertiary/aromatic N) is 1. The summed E-state index contributed by atoms with van der Waals surface area (Å²) < 4.78 is 51.9. The Kier molecular flexibility index (Phi) is 4.94. The number of amides is 1. The van der Waals surface area contributed by atoms with Gasteiger partial charge in [0.15, 0.2) is 0 Å². The van der Waals surface area contributed by atoms with E-state index in [2.05, 4.69) is 0 Å². The molecule has 0 heterocycles. The van der Waals surface area contributed by atoms with Crippen molar-refractivity contribution in [2.24, 2.45) is 0 Å². The third-order valence-electron chi connectivity index (χ3n) is 3.24. The molecule has 0 fully saturated rings. The van der Waals surface area contributed by atoms with Crippen LogP contribution in [0.5, 0.6) is 0 Å². The molecular weight excluding hydrogens is 334 g/mol. The molecule has 0 aliphatic carbocycles. The summed E-state index contributed by atoms with van der Waals surface area (Å²) in [5.41, 5.74) is -0.806. The number of rotatable bonds is 3. The molecule has 2 aromatic carbocycles.